The molecular formula is C8H8F6N4O2. The zero-order chi connectivity index (χ0) is 15.6. The third-order valence-electron chi connectivity index (χ3n) is 1.70. The van der Waals surface area contributed by atoms with Gasteiger partial charge in [0.1, 0.15) is 0 Å². The van der Waals surface area contributed by atoms with Crippen LogP contribution in [0.4, 0.5) is 32.3 Å². The Balaban J connectivity index is 3.05. The molecule has 0 saturated heterocycles. The molecule has 0 amide bonds. The number of ether oxygens (including phenoxy) is 2. The summed E-state index contributed by atoms with van der Waals surface area (Å²) in [6.45, 7) is 1.51. The summed E-state index contributed by atoms with van der Waals surface area (Å²) < 4.78 is 82.1. The zero-order valence-corrected chi connectivity index (χ0v) is 9.79. The van der Waals surface area contributed by atoms with Crippen molar-refractivity contribution in [2.45, 2.75) is 25.4 Å². The van der Waals surface area contributed by atoms with Gasteiger partial charge in [-0.05, 0) is 6.92 Å². The zero-order valence-electron chi connectivity index (χ0n) is 9.79. The van der Waals surface area contributed by atoms with Crippen LogP contribution in [-0.2, 0) is 0 Å². The maximum atomic E-state index is 12.3. The number of nitrogen functional groups attached to an aromatic ring is 1. The molecule has 1 rings (SSSR count). The van der Waals surface area contributed by atoms with Crippen molar-refractivity contribution in [2.75, 3.05) is 12.3 Å². The van der Waals surface area contributed by atoms with Gasteiger partial charge in [-0.3, -0.25) is 0 Å². The number of rotatable bonds is 4. The van der Waals surface area contributed by atoms with Gasteiger partial charge in [-0.1, -0.05) is 0 Å². The van der Waals surface area contributed by atoms with E-state index in [1.165, 1.54) is 6.92 Å². The van der Waals surface area contributed by atoms with Gasteiger partial charge in [0, 0.05) is 0 Å². The van der Waals surface area contributed by atoms with Crippen LogP contribution in [-0.4, -0.2) is 40.0 Å². The van der Waals surface area contributed by atoms with Gasteiger partial charge in [0.2, 0.25) is 5.95 Å². The van der Waals surface area contributed by atoms with E-state index in [4.69, 9.17) is 10.5 Å². The van der Waals surface area contributed by atoms with Gasteiger partial charge in [-0.25, -0.2) is 0 Å². The Kier molecular flexibility index (Phi) is 4.45. The molecule has 0 aliphatic carbocycles. The maximum absolute atomic E-state index is 12.3. The molecule has 0 aliphatic heterocycles. The number of hydrogen-bond acceptors (Lipinski definition) is 6. The van der Waals surface area contributed by atoms with Crippen LogP contribution in [0, 0.1) is 0 Å². The number of nitrogens with zero attached hydrogens (tertiary/aromatic N) is 3. The number of alkyl halides is 6. The van der Waals surface area contributed by atoms with E-state index in [0.717, 1.165) is 0 Å². The first-order chi connectivity index (χ1) is 9.04. The second-order valence-corrected chi connectivity index (χ2v) is 3.27. The van der Waals surface area contributed by atoms with Gasteiger partial charge in [0.15, 0.2) is 0 Å². The Bertz CT molecular complexity index is 449. The third kappa shape index (κ3) is 4.28. The van der Waals surface area contributed by atoms with Crippen LogP contribution < -0.4 is 15.2 Å². The quantitative estimate of drug-likeness (QED) is 0.853. The molecular weight excluding hydrogens is 298 g/mol. The van der Waals surface area contributed by atoms with Gasteiger partial charge < -0.3 is 15.2 Å². The van der Waals surface area contributed by atoms with Crippen molar-refractivity contribution < 1.29 is 35.8 Å². The molecule has 0 radical (unpaired) electrons. The van der Waals surface area contributed by atoms with Crippen LogP contribution in [0.15, 0.2) is 0 Å². The van der Waals surface area contributed by atoms with Gasteiger partial charge in [-0.2, -0.15) is 36.3 Å². The lowest BCUT2D eigenvalue weighted by Crippen LogP contribution is -2.46. The van der Waals surface area contributed by atoms with Crippen molar-refractivity contribution in [3.8, 4) is 12.0 Å². The molecule has 0 fully saturated rings. The van der Waals surface area contributed by atoms with E-state index in [9.17, 15) is 26.3 Å². The smallest absolute Gasteiger partial charge is 0.434 e. The Hall–Kier alpha value is -2.01. The summed E-state index contributed by atoms with van der Waals surface area (Å²) >= 11 is 0. The fourth-order valence-electron chi connectivity index (χ4n) is 1.02. The van der Waals surface area contributed by atoms with Crippen LogP contribution >= 0.6 is 0 Å². The van der Waals surface area contributed by atoms with Crippen LogP contribution in [0.1, 0.15) is 6.92 Å². The van der Waals surface area contributed by atoms with E-state index in [-0.39, 0.29) is 6.61 Å². The minimum atomic E-state index is -5.69. The van der Waals surface area contributed by atoms with E-state index in [1.54, 1.807) is 0 Å². The van der Waals surface area contributed by atoms with Crippen LogP contribution in [0.5, 0.6) is 12.0 Å². The van der Waals surface area contributed by atoms with Gasteiger partial charge in [0.25, 0.3) is 6.10 Å². The largest absolute Gasteiger partial charge is 0.464 e. The molecule has 20 heavy (non-hydrogen) atoms. The minimum absolute atomic E-state index is 0.0187. The Morgan fingerprint density at radius 3 is 1.95 bits per heavy atom. The topological polar surface area (TPSA) is 83.2 Å². The SMILES string of the molecule is CCOc1nc(N)nc(OC(C(F)(F)F)C(F)(F)F)n1. The normalized spacial score (nSPS) is 12.6. The molecule has 2 N–H and O–H groups in total. The van der Waals surface area contributed by atoms with E-state index < -0.39 is 36.4 Å². The lowest BCUT2D eigenvalue weighted by molar-refractivity contribution is -0.301. The summed E-state index contributed by atoms with van der Waals surface area (Å²) in [5, 5.41) is 0. The van der Waals surface area contributed by atoms with Gasteiger partial charge in [0.05, 0.1) is 6.61 Å². The predicted molar refractivity (Wildman–Crippen MR) is 51.9 cm³/mol. The van der Waals surface area contributed by atoms with Crippen LogP contribution in [0.2, 0.25) is 0 Å². The molecule has 0 spiro atoms. The standard InChI is InChI=1S/C8H8F6N4O2/c1-2-19-5-16-4(15)17-6(18-5)20-3(7(9,10)11)8(12,13)14/h3H,2H2,1H3,(H2,15,16,17,18). The number of anilines is 1. The van der Waals surface area contributed by atoms with E-state index in [2.05, 4.69) is 19.7 Å². The average Bonchev–Trinajstić information content (AvgIpc) is 2.22. The van der Waals surface area contributed by atoms with Crippen molar-refractivity contribution in [1.82, 2.24) is 15.0 Å². The summed E-state index contributed by atoms with van der Waals surface area (Å²) in [6.07, 6.45) is -15.5. The highest BCUT2D eigenvalue weighted by Crippen LogP contribution is 2.35. The molecule has 1 heterocycles. The van der Waals surface area contributed by atoms with Crippen molar-refractivity contribution in [3.63, 3.8) is 0 Å². The van der Waals surface area contributed by atoms with Crippen LogP contribution in [0.25, 0.3) is 0 Å². The molecule has 1 aromatic rings. The van der Waals surface area contributed by atoms with Gasteiger partial charge in [-0.15, -0.1) is 4.98 Å². The Morgan fingerprint density at radius 1 is 1.00 bits per heavy atom. The highest BCUT2D eigenvalue weighted by atomic mass is 19.4. The van der Waals surface area contributed by atoms with E-state index >= 15 is 0 Å². The molecule has 0 unspecified atom stereocenters. The fraction of sp³-hybridized carbons (Fsp3) is 0.625. The molecule has 114 valence electrons. The predicted octanol–water partition coefficient (Wildman–Crippen LogP) is 1.72. The molecule has 0 atom stereocenters. The highest BCUT2D eigenvalue weighted by Gasteiger charge is 2.59. The average molecular weight is 306 g/mol. The summed E-state index contributed by atoms with van der Waals surface area (Å²) in [7, 11) is 0. The lowest BCUT2D eigenvalue weighted by atomic mass is 10.3. The number of halogens is 6. The third-order valence-corrected chi connectivity index (χ3v) is 1.70. The molecule has 0 aliphatic rings. The van der Waals surface area contributed by atoms with Crippen molar-refractivity contribution in [1.29, 1.82) is 0 Å². The maximum Gasteiger partial charge on any atom is 0.434 e. The van der Waals surface area contributed by atoms with Gasteiger partial charge >= 0.3 is 24.4 Å². The Labute approximate surface area is 107 Å². The second-order valence-electron chi connectivity index (χ2n) is 3.27. The molecule has 6 nitrogen and oxygen atoms in total. The van der Waals surface area contributed by atoms with Crippen molar-refractivity contribution in [3.05, 3.63) is 0 Å². The number of aromatic nitrogens is 3. The Morgan fingerprint density at radius 2 is 1.50 bits per heavy atom. The molecule has 0 aromatic carbocycles. The lowest BCUT2D eigenvalue weighted by Gasteiger charge is -2.22. The summed E-state index contributed by atoms with van der Waals surface area (Å²) in [5.41, 5.74) is 5.10. The van der Waals surface area contributed by atoms with Crippen molar-refractivity contribution in [2.24, 2.45) is 0 Å². The van der Waals surface area contributed by atoms with Crippen LogP contribution in [0.3, 0.4) is 0 Å². The molecule has 0 saturated carbocycles. The molecule has 12 heteroatoms. The number of hydrogen-bond donors (Lipinski definition) is 1. The first-order valence-electron chi connectivity index (χ1n) is 4.98. The summed E-state index contributed by atoms with van der Waals surface area (Å²) in [4.78, 5) is 9.53. The molecule has 0 bridgehead atoms. The minimum Gasteiger partial charge on any atom is -0.464 e. The monoisotopic (exact) mass is 306 g/mol. The summed E-state index contributed by atoms with van der Waals surface area (Å²) in [6, 6.07) is -1.78. The van der Waals surface area contributed by atoms with Crippen molar-refractivity contribution >= 4 is 5.95 Å². The summed E-state index contributed by atoms with van der Waals surface area (Å²) in [5.74, 6) is -0.637. The highest BCUT2D eigenvalue weighted by molar-refractivity contribution is 5.20. The fourth-order valence-corrected chi connectivity index (χ4v) is 1.02. The second kappa shape index (κ2) is 5.54. The van der Waals surface area contributed by atoms with E-state index in [1.807, 2.05) is 0 Å². The van der Waals surface area contributed by atoms with E-state index in [0.29, 0.717) is 0 Å². The first kappa shape index (κ1) is 16.0. The number of nitrogens with two attached hydrogens (primary N) is 1. The molecule has 1 aromatic heterocycles. The first-order valence-corrected chi connectivity index (χ1v) is 4.98.